The van der Waals surface area contributed by atoms with Gasteiger partial charge in [-0.3, -0.25) is 4.79 Å². The normalized spacial score (nSPS) is 16.9. The first-order valence-electron chi connectivity index (χ1n) is 11.8. The summed E-state index contributed by atoms with van der Waals surface area (Å²) in [6.07, 6.45) is 24.2. The van der Waals surface area contributed by atoms with Gasteiger partial charge in [0.05, 0.1) is 0 Å². The number of rotatable bonds is 17. The van der Waals surface area contributed by atoms with E-state index < -0.39 is 12.0 Å². The maximum atomic E-state index is 12.2. The molecule has 28 heavy (non-hydrogen) atoms. The molecule has 0 aromatic carbocycles. The predicted octanol–water partition coefficient (Wildman–Crippen LogP) is 6.49. The highest BCUT2D eigenvalue weighted by atomic mass is 16.4. The molecule has 0 radical (unpaired) electrons. The lowest BCUT2D eigenvalue weighted by atomic mass is 10.1. The zero-order valence-corrected chi connectivity index (χ0v) is 18.2. The van der Waals surface area contributed by atoms with Crippen molar-refractivity contribution in [2.45, 2.75) is 122 Å². The highest BCUT2D eigenvalue weighted by molar-refractivity contribution is 5.84. The first kappa shape index (κ1) is 24.7. The van der Waals surface area contributed by atoms with Crippen molar-refractivity contribution >= 4 is 11.9 Å². The van der Waals surface area contributed by atoms with Gasteiger partial charge in [0.1, 0.15) is 6.04 Å². The van der Waals surface area contributed by atoms with Crippen molar-refractivity contribution in [2.75, 3.05) is 6.54 Å². The van der Waals surface area contributed by atoms with E-state index in [1.54, 1.807) is 4.90 Å². The molecule has 0 spiro atoms. The van der Waals surface area contributed by atoms with E-state index in [4.69, 9.17) is 5.11 Å². The Morgan fingerprint density at radius 3 is 1.96 bits per heavy atom. The summed E-state index contributed by atoms with van der Waals surface area (Å²) in [7, 11) is 0. The zero-order chi connectivity index (χ0) is 20.5. The quantitative estimate of drug-likeness (QED) is 0.227. The Hall–Kier alpha value is -1.32. The summed E-state index contributed by atoms with van der Waals surface area (Å²) in [4.78, 5) is 24.9. The second-order valence-corrected chi connectivity index (χ2v) is 8.27. The standard InChI is InChI=1S/C24H43NO3/c1-2-3-4-5-6-7-8-9-10-11-12-13-14-15-16-17-20-23(26)25-21-18-19-22(25)24(27)28/h9-10,22H,2-8,11-21H2,1H3,(H,27,28)/b10-9-. The highest BCUT2D eigenvalue weighted by Gasteiger charge is 2.33. The number of aliphatic carboxylic acids is 1. The molecule has 1 fully saturated rings. The molecule has 4 heteroatoms. The summed E-state index contributed by atoms with van der Waals surface area (Å²) in [5.74, 6) is -0.827. The fraction of sp³-hybridized carbons (Fsp3) is 0.833. The number of hydrogen-bond donors (Lipinski definition) is 1. The summed E-state index contributed by atoms with van der Waals surface area (Å²) in [5.41, 5.74) is 0. The van der Waals surface area contributed by atoms with Crippen LogP contribution in [0.1, 0.15) is 116 Å². The maximum Gasteiger partial charge on any atom is 0.326 e. The van der Waals surface area contributed by atoms with Crippen LogP contribution in [0.25, 0.3) is 0 Å². The van der Waals surface area contributed by atoms with E-state index in [1.165, 1.54) is 77.0 Å². The summed E-state index contributed by atoms with van der Waals surface area (Å²) in [6, 6.07) is -0.582. The largest absolute Gasteiger partial charge is 0.480 e. The van der Waals surface area contributed by atoms with Gasteiger partial charge in [-0.2, -0.15) is 0 Å². The number of amides is 1. The number of unbranched alkanes of at least 4 members (excludes halogenated alkanes) is 12. The molecule has 1 rings (SSSR count). The molecule has 1 N–H and O–H groups in total. The molecule has 1 unspecified atom stereocenters. The number of likely N-dealkylation sites (tertiary alicyclic amines) is 1. The first-order chi connectivity index (χ1) is 13.7. The minimum Gasteiger partial charge on any atom is -0.480 e. The summed E-state index contributed by atoms with van der Waals surface area (Å²) in [6.45, 7) is 2.87. The molecular formula is C24H43NO3. The molecule has 1 heterocycles. The molecule has 0 bridgehead atoms. The molecule has 1 amide bonds. The number of carboxylic acids is 1. The van der Waals surface area contributed by atoms with E-state index in [0.29, 0.717) is 19.4 Å². The van der Waals surface area contributed by atoms with Crippen LogP contribution in [0.2, 0.25) is 0 Å². The molecule has 0 aliphatic carbocycles. The van der Waals surface area contributed by atoms with E-state index in [2.05, 4.69) is 19.1 Å². The van der Waals surface area contributed by atoms with Gasteiger partial charge in [0, 0.05) is 13.0 Å². The lowest BCUT2D eigenvalue weighted by molar-refractivity contribution is -0.148. The van der Waals surface area contributed by atoms with Crippen molar-refractivity contribution in [2.24, 2.45) is 0 Å². The van der Waals surface area contributed by atoms with E-state index in [0.717, 1.165) is 19.3 Å². The highest BCUT2D eigenvalue weighted by Crippen LogP contribution is 2.19. The van der Waals surface area contributed by atoms with Crippen LogP contribution in [0.3, 0.4) is 0 Å². The van der Waals surface area contributed by atoms with Gasteiger partial charge in [0.2, 0.25) is 5.91 Å². The van der Waals surface area contributed by atoms with Crippen molar-refractivity contribution in [1.82, 2.24) is 4.90 Å². The third-order valence-electron chi connectivity index (χ3n) is 5.76. The molecule has 1 saturated heterocycles. The van der Waals surface area contributed by atoms with Crippen LogP contribution in [-0.2, 0) is 9.59 Å². The van der Waals surface area contributed by atoms with Gasteiger partial charge >= 0.3 is 5.97 Å². The van der Waals surface area contributed by atoms with Gasteiger partial charge in [-0.25, -0.2) is 4.79 Å². The zero-order valence-electron chi connectivity index (χ0n) is 18.2. The van der Waals surface area contributed by atoms with Gasteiger partial charge in [0.15, 0.2) is 0 Å². The number of carboxylic acid groups (broad SMARTS) is 1. The van der Waals surface area contributed by atoms with Crippen molar-refractivity contribution in [3.05, 3.63) is 12.2 Å². The lowest BCUT2D eigenvalue weighted by Gasteiger charge is -2.21. The molecule has 0 aromatic rings. The average molecular weight is 394 g/mol. The number of hydrogen-bond acceptors (Lipinski definition) is 2. The van der Waals surface area contributed by atoms with Crippen LogP contribution < -0.4 is 0 Å². The Bertz CT molecular complexity index is 447. The monoisotopic (exact) mass is 393 g/mol. The second-order valence-electron chi connectivity index (χ2n) is 8.27. The third-order valence-corrected chi connectivity index (χ3v) is 5.76. The van der Waals surface area contributed by atoms with Crippen LogP contribution in [0, 0.1) is 0 Å². The summed E-state index contributed by atoms with van der Waals surface area (Å²) >= 11 is 0. The number of nitrogens with zero attached hydrogens (tertiary/aromatic N) is 1. The van der Waals surface area contributed by atoms with Crippen LogP contribution >= 0.6 is 0 Å². The van der Waals surface area contributed by atoms with E-state index >= 15 is 0 Å². The maximum absolute atomic E-state index is 12.2. The Labute approximate surface area is 172 Å². The van der Waals surface area contributed by atoms with Crippen LogP contribution in [0.5, 0.6) is 0 Å². The van der Waals surface area contributed by atoms with Crippen LogP contribution in [0.4, 0.5) is 0 Å². The van der Waals surface area contributed by atoms with Crippen molar-refractivity contribution < 1.29 is 14.7 Å². The fourth-order valence-corrected chi connectivity index (χ4v) is 3.99. The van der Waals surface area contributed by atoms with Crippen molar-refractivity contribution in [3.63, 3.8) is 0 Å². The topological polar surface area (TPSA) is 57.6 Å². The molecule has 1 aliphatic heterocycles. The van der Waals surface area contributed by atoms with E-state index in [9.17, 15) is 9.59 Å². The van der Waals surface area contributed by atoms with Gasteiger partial charge in [-0.15, -0.1) is 0 Å². The van der Waals surface area contributed by atoms with Crippen molar-refractivity contribution in [3.8, 4) is 0 Å². The Kier molecular flexibility index (Phi) is 14.7. The van der Waals surface area contributed by atoms with E-state index in [1.807, 2.05) is 0 Å². The predicted molar refractivity (Wildman–Crippen MR) is 116 cm³/mol. The molecule has 162 valence electrons. The number of allylic oxidation sites excluding steroid dienone is 2. The molecule has 4 nitrogen and oxygen atoms in total. The first-order valence-corrected chi connectivity index (χ1v) is 11.8. The Morgan fingerprint density at radius 2 is 1.39 bits per heavy atom. The minimum absolute atomic E-state index is 0.0281. The lowest BCUT2D eigenvalue weighted by Crippen LogP contribution is -2.40. The van der Waals surface area contributed by atoms with Gasteiger partial charge in [-0.1, -0.05) is 76.9 Å². The Morgan fingerprint density at radius 1 is 0.857 bits per heavy atom. The fourth-order valence-electron chi connectivity index (χ4n) is 3.99. The SMILES string of the molecule is CCCCCCCC/C=C\CCCCCCCCC(=O)N1CCCC1C(=O)O. The second kappa shape index (κ2) is 16.6. The average Bonchev–Trinajstić information content (AvgIpc) is 3.18. The van der Waals surface area contributed by atoms with Crippen LogP contribution in [-0.4, -0.2) is 34.5 Å². The minimum atomic E-state index is -0.855. The molecule has 1 atom stereocenters. The summed E-state index contributed by atoms with van der Waals surface area (Å²) in [5, 5.41) is 9.15. The van der Waals surface area contributed by atoms with E-state index in [-0.39, 0.29) is 5.91 Å². The number of carbonyl (C=O) groups excluding carboxylic acids is 1. The van der Waals surface area contributed by atoms with Crippen molar-refractivity contribution in [1.29, 1.82) is 0 Å². The third kappa shape index (κ3) is 11.5. The molecule has 0 aromatic heterocycles. The number of carbonyl (C=O) groups is 2. The molecule has 1 aliphatic rings. The van der Waals surface area contributed by atoms with Gasteiger partial charge in [0.25, 0.3) is 0 Å². The Balaban J connectivity index is 1.87. The molecule has 0 saturated carbocycles. The smallest absolute Gasteiger partial charge is 0.326 e. The van der Waals surface area contributed by atoms with Gasteiger partial charge in [-0.05, 0) is 44.9 Å². The van der Waals surface area contributed by atoms with Crippen LogP contribution in [0.15, 0.2) is 12.2 Å². The van der Waals surface area contributed by atoms with Gasteiger partial charge < -0.3 is 10.0 Å². The molecular weight excluding hydrogens is 350 g/mol. The summed E-state index contributed by atoms with van der Waals surface area (Å²) < 4.78 is 0.